The summed E-state index contributed by atoms with van der Waals surface area (Å²) in [5.74, 6) is 0.961. The van der Waals surface area contributed by atoms with Gasteiger partial charge in [-0.3, -0.25) is 4.40 Å². The van der Waals surface area contributed by atoms with Crippen LogP contribution in [0.3, 0.4) is 0 Å². The smallest absolute Gasteiger partial charge is 0.214 e. The molecule has 0 fully saturated rings. The molecule has 18 heavy (non-hydrogen) atoms. The van der Waals surface area contributed by atoms with E-state index in [1.807, 2.05) is 25.8 Å². The number of hydrogen-bond donors (Lipinski definition) is 0. The molecule has 0 radical (unpaired) electrons. The van der Waals surface area contributed by atoms with Crippen molar-refractivity contribution in [2.45, 2.75) is 6.92 Å². The van der Waals surface area contributed by atoms with E-state index >= 15 is 0 Å². The maximum atomic E-state index is 4.45. The van der Waals surface area contributed by atoms with Gasteiger partial charge < -0.3 is 9.13 Å². The number of nitrogens with zero attached hydrogens (tertiary/aromatic N) is 5. The molecule has 0 N–H and O–H groups in total. The monoisotopic (exact) mass is 239 g/mol. The molecule has 0 aliphatic carbocycles. The van der Waals surface area contributed by atoms with E-state index in [-0.39, 0.29) is 0 Å². The fourth-order valence-corrected chi connectivity index (χ4v) is 2.95. The largest absolute Gasteiger partial charge is 0.333 e. The van der Waals surface area contributed by atoms with E-state index in [0.717, 1.165) is 16.8 Å². The van der Waals surface area contributed by atoms with Crippen LogP contribution >= 0.6 is 0 Å². The predicted molar refractivity (Wildman–Crippen MR) is 70.7 cm³/mol. The second kappa shape index (κ2) is 2.93. The van der Waals surface area contributed by atoms with Gasteiger partial charge in [-0.2, -0.15) is 0 Å². The van der Waals surface area contributed by atoms with Gasteiger partial charge in [-0.25, -0.2) is 9.97 Å². The summed E-state index contributed by atoms with van der Waals surface area (Å²) in [7, 11) is 4.09. The summed E-state index contributed by atoms with van der Waals surface area (Å²) >= 11 is 0. The molecule has 0 unspecified atom stereocenters. The Balaban J connectivity index is 2.40. The van der Waals surface area contributed by atoms with E-state index in [4.69, 9.17) is 0 Å². The van der Waals surface area contributed by atoms with Gasteiger partial charge in [0.15, 0.2) is 0 Å². The van der Waals surface area contributed by atoms with Gasteiger partial charge in [0.1, 0.15) is 0 Å². The average Bonchev–Trinajstić information content (AvgIpc) is 2.99. The van der Waals surface area contributed by atoms with Crippen molar-refractivity contribution in [3.8, 4) is 0 Å². The maximum Gasteiger partial charge on any atom is 0.214 e. The molecule has 0 aliphatic rings. The molecular weight excluding hydrogens is 226 g/mol. The van der Waals surface area contributed by atoms with Crippen LogP contribution in [0.2, 0.25) is 0 Å². The van der Waals surface area contributed by atoms with Crippen molar-refractivity contribution >= 4 is 27.8 Å². The van der Waals surface area contributed by atoms with Crippen molar-refractivity contribution in [3.63, 3.8) is 0 Å². The lowest BCUT2D eigenvalue weighted by molar-refractivity contribution is 0.938. The van der Waals surface area contributed by atoms with Crippen LogP contribution in [0.5, 0.6) is 0 Å². The highest BCUT2D eigenvalue weighted by Gasteiger charge is 2.15. The first-order chi connectivity index (χ1) is 8.68. The lowest BCUT2D eigenvalue weighted by atomic mass is 10.1. The Labute approximate surface area is 103 Å². The van der Waals surface area contributed by atoms with Gasteiger partial charge in [0, 0.05) is 32.1 Å². The molecule has 0 spiro atoms. The van der Waals surface area contributed by atoms with E-state index < -0.39 is 0 Å². The first-order valence-electron chi connectivity index (χ1n) is 5.90. The van der Waals surface area contributed by atoms with Gasteiger partial charge in [0.25, 0.3) is 0 Å². The Morgan fingerprint density at radius 1 is 1.11 bits per heavy atom. The quantitative estimate of drug-likeness (QED) is 0.471. The maximum absolute atomic E-state index is 4.45. The van der Waals surface area contributed by atoms with Crippen molar-refractivity contribution in [2.75, 3.05) is 0 Å². The fourth-order valence-electron chi connectivity index (χ4n) is 2.95. The third-order valence-corrected chi connectivity index (χ3v) is 3.71. The zero-order valence-corrected chi connectivity index (χ0v) is 10.5. The summed E-state index contributed by atoms with van der Waals surface area (Å²) in [6, 6.07) is 2.13. The molecule has 90 valence electrons. The number of hydrogen-bond acceptors (Lipinski definition) is 2. The van der Waals surface area contributed by atoms with Crippen molar-refractivity contribution in [2.24, 2.45) is 14.1 Å². The van der Waals surface area contributed by atoms with E-state index in [2.05, 4.69) is 43.5 Å². The zero-order valence-electron chi connectivity index (χ0n) is 10.5. The molecule has 0 amide bonds. The minimum atomic E-state index is 0.961. The van der Waals surface area contributed by atoms with Crippen LogP contribution in [0.15, 0.2) is 24.8 Å². The number of fused-ring (bicyclic) bond motifs is 4. The lowest BCUT2D eigenvalue weighted by Gasteiger charge is -2.04. The van der Waals surface area contributed by atoms with Gasteiger partial charge in [0.2, 0.25) is 5.78 Å². The zero-order chi connectivity index (χ0) is 12.4. The molecule has 4 rings (SSSR count). The van der Waals surface area contributed by atoms with Crippen LogP contribution in [0, 0.1) is 6.92 Å². The molecule has 5 nitrogen and oxygen atoms in total. The van der Waals surface area contributed by atoms with E-state index in [0.29, 0.717) is 0 Å². The molecule has 5 heteroatoms. The number of benzene rings is 1. The van der Waals surface area contributed by atoms with Crippen LogP contribution in [0.25, 0.3) is 27.8 Å². The van der Waals surface area contributed by atoms with Crippen LogP contribution in [-0.2, 0) is 14.1 Å². The summed E-state index contributed by atoms with van der Waals surface area (Å²) < 4.78 is 6.31. The summed E-state index contributed by atoms with van der Waals surface area (Å²) in [5, 5.41) is 0. The molecular formula is C13H13N5. The van der Waals surface area contributed by atoms with Crippen LogP contribution in [0.4, 0.5) is 0 Å². The third kappa shape index (κ3) is 0.932. The van der Waals surface area contributed by atoms with E-state index in [1.165, 1.54) is 16.6 Å². The topological polar surface area (TPSA) is 40.1 Å². The summed E-state index contributed by atoms with van der Waals surface area (Å²) in [6.45, 7) is 2.14. The average molecular weight is 239 g/mol. The highest BCUT2D eigenvalue weighted by atomic mass is 15.2. The first kappa shape index (κ1) is 9.70. The number of aryl methyl sites for hydroxylation is 3. The second-order valence-electron chi connectivity index (χ2n) is 4.75. The standard InChI is InChI=1S/C13H13N5/c1-8-11-9(15-7-16(11)2)6-10-12(8)17(3)13-14-4-5-18(10)13/h4-7H,1-3H3. The van der Waals surface area contributed by atoms with Crippen LogP contribution in [0.1, 0.15) is 5.56 Å². The summed E-state index contributed by atoms with van der Waals surface area (Å²) in [6.07, 6.45) is 5.68. The Kier molecular flexibility index (Phi) is 1.58. The number of aromatic nitrogens is 5. The Morgan fingerprint density at radius 3 is 2.78 bits per heavy atom. The van der Waals surface area contributed by atoms with E-state index in [9.17, 15) is 0 Å². The Hall–Kier alpha value is -2.30. The van der Waals surface area contributed by atoms with Crippen LogP contribution < -0.4 is 0 Å². The first-order valence-corrected chi connectivity index (χ1v) is 5.90. The highest BCUT2D eigenvalue weighted by Crippen LogP contribution is 2.28. The fraction of sp³-hybridized carbons (Fsp3) is 0.231. The SMILES string of the molecule is Cc1c2c(cc3c1n(C)c1nccn31)ncn2C. The Bertz CT molecular complexity index is 906. The molecule has 0 bridgehead atoms. The van der Waals surface area contributed by atoms with E-state index in [1.54, 1.807) is 0 Å². The molecule has 3 heterocycles. The van der Waals surface area contributed by atoms with Crippen molar-refractivity contribution < 1.29 is 0 Å². The second-order valence-corrected chi connectivity index (χ2v) is 4.75. The van der Waals surface area contributed by atoms with Gasteiger partial charge >= 0.3 is 0 Å². The predicted octanol–water partition coefficient (Wildman–Crippen LogP) is 2.02. The van der Waals surface area contributed by atoms with Gasteiger partial charge in [-0.1, -0.05) is 0 Å². The number of rotatable bonds is 0. The molecule has 0 saturated heterocycles. The molecule has 0 atom stereocenters. The summed E-state index contributed by atoms with van der Waals surface area (Å²) in [5.41, 5.74) is 5.84. The highest BCUT2D eigenvalue weighted by molar-refractivity contribution is 5.97. The van der Waals surface area contributed by atoms with Gasteiger partial charge in [-0.15, -0.1) is 0 Å². The molecule has 1 aromatic carbocycles. The number of imidazole rings is 3. The van der Waals surface area contributed by atoms with Crippen molar-refractivity contribution in [3.05, 3.63) is 30.4 Å². The minimum absolute atomic E-state index is 0.961. The normalized spacial score (nSPS) is 12.2. The molecule has 0 saturated carbocycles. The van der Waals surface area contributed by atoms with Gasteiger partial charge in [0.05, 0.1) is 28.4 Å². The van der Waals surface area contributed by atoms with Crippen molar-refractivity contribution in [1.29, 1.82) is 0 Å². The molecule has 0 aliphatic heterocycles. The van der Waals surface area contributed by atoms with Crippen LogP contribution in [-0.4, -0.2) is 23.5 Å². The molecule has 4 aromatic rings. The van der Waals surface area contributed by atoms with Gasteiger partial charge in [-0.05, 0) is 13.0 Å². The molecule has 3 aromatic heterocycles. The lowest BCUT2D eigenvalue weighted by Crippen LogP contribution is -1.93. The minimum Gasteiger partial charge on any atom is -0.333 e. The van der Waals surface area contributed by atoms with Crippen molar-refractivity contribution in [1.82, 2.24) is 23.5 Å². The Morgan fingerprint density at radius 2 is 1.94 bits per heavy atom. The third-order valence-electron chi connectivity index (χ3n) is 3.71. The summed E-state index contributed by atoms with van der Waals surface area (Å²) in [4.78, 5) is 8.84.